The maximum Gasteiger partial charge on any atom is 0.266 e. The van der Waals surface area contributed by atoms with Crippen LogP contribution in [0.15, 0.2) is 58.5 Å². The van der Waals surface area contributed by atoms with Crippen molar-refractivity contribution in [1.29, 1.82) is 0 Å². The van der Waals surface area contributed by atoms with E-state index in [4.69, 9.17) is 0 Å². The van der Waals surface area contributed by atoms with Crippen LogP contribution in [0.5, 0.6) is 0 Å². The van der Waals surface area contributed by atoms with Gasteiger partial charge in [-0.15, -0.1) is 0 Å². The molecule has 1 unspecified atom stereocenters. The van der Waals surface area contributed by atoms with Crippen molar-refractivity contribution in [2.24, 2.45) is 0 Å². The third-order valence-corrected chi connectivity index (χ3v) is 5.23. The van der Waals surface area contributed by atoms with E-state index < -0.39 is 0 Å². The molecule has 3 rings (SSSR count). The zero-order chi connectivity index (χ0) is 20.1. The summed E-state index contributed by atoms with van der Waals surface area (Å²) in [5.41, 5.74) is 0.819. The predicted molar refractivity (Wildman–Crippen MR) is 111 cm³/mol. The summed E-state index contributed by atoms with van der Waals surface area (Å²) in [6.07, 6.45) is 1.90. The Morgan fingerprint density at radius 2 is 1.93 bits per heavy atom. The number of thioether (sulfide) groups is 1. The van der Waals surface area contributed by atoms with Gasteiger partial charge in [-0.3, -0.25) is 14.2 Å². The van der Waals surface area contributed by atoms with Crippen molar-refractivity contribution >= 4 is 28.6 Å². The molecule has 1 N–H and O–H groups in total. The highest BCUT2D eigenvalue weighted by atomic mass is 32.2. The van der Waals surface area contributed by atoms with Crippen LogP contribution < -0.4 is 10.9 Å². The molecule has 0 saturated heterocycles. The van der Waals surface area contributed by atoms with Crippen molar-refractivity contribution < 1.29 is 9.18 Å². The number of hydrogen-bond acceptors (Lipinski definition) is 4. The minimum Gasteiger partial charge on any atom is -0.353 e. The summed E-state index contributed by atoms with van der Waals surface area (Å²) >= 11 is 1.19. The van der Waals surface area contributed by atoms with E-state index in [9.17, 15) is 14.0 Å². The second-order valence-electron chi connectivity index (χ2n) is 6.57. The van der Waals surface area contributed by atoms with Crippen LogP contribution in [-0.2, 0) is 4.79 Å². The molecule has 0 aliphatic carbocycles. The van der Waals surface area contributed by atoms with Gasteiger partial charge in [0.15, 0.2) is 5.16 Å². The lowest BCUT2D eigenvalue weighted by atomic mass is 10.2. The quantitative estimate of drug-likeness (QED) is 0.483. The molecule has 0 bridgehead atoms. The molecule has 0 spiro atoms. The first-order chi connectivity index (χ1) is 13.5. The number of nitrogens with one attached hydrogen (secondary N) is 1. The van der Waals surface area contributed by atoms with E-state index in [0.717, 1.165) is 12.8 Å². The summed E-state index contributed by atoms with van der Waals surface area (Å²) in [5.74, 6) is -0.358. The molecule has 0 aliphatic rings. The Morgan fingerprint density at radius 1 is 1.21 bits per heavy atom. The zero-order valence-corrected chi connectivity index (χ0v) is 16.6. The summed E-state index contributed by atoms with van der Waals surface area (Å²) in [6, 6.07) is 12.8. The molecule has 7 heteroatoms. The van der Waals surface area contributed by atoms with Crippen molar-refractivity contribution in [2.45, 2.75) is 37.9 Å². The Labute approximate surface area is 167 Å². The molecule has 1 atom stereocenters. The van der Waals surface area contributed by atoms with Gasteiger partial charge in [-0.05, 0) is 49.7 Å². The lowest BCUT2D eigenvalue weighted by Gasteiger charge is -2.15. The number of hydrogen-bond donors (Lipinski definition) is 1. The highest BCUT2D eigenvalue weighted by Crippen LogP contribution is 2.21. The first-order valence-electron chi connectivity index (χ1n) is 9.19. The fourth-order valence-electron chi connectivity index (χ4n) is 2.98. The molecule has 28 heavy (non-hydrogen) atoms. The summed E-state index contributed by atoms with van der Waals surface area (Å²) in [7, 11) is 0. The number of benzene rings is 2. The summed E-state index contributed by atoms with van der Waals surface area (Å²) in [4.78, 5) is 29.9. The first kappa shape index (κ1) is 20.1. The van der Waals surface area contributed by atoms with Crippen LogP contribution >= 0.6 is 11.8 Å². The van der Waals surface area contributed by atoms with Crippen molar-refractivity contribution in [3.63, 3.8) is 0 Å². The van der Waals surface area contributed by atoms with Crippen LogP contribution in [0.25, 0.3) is 16.6 Å². The van der Waals surface area contributed by atoms with E-state index in [1.165, 1.54) is 40.6 Å². The molecular formula is C21H22FN3O2S. The monoisotopic (exact) mass is 399 g/mol. The lowest BCUT2D eigenvalue weighted by Crippen LogP contribution is -2.34. The minimum absolute atomic E-state index is 0.0990. The van der Waals surface area contributed by atoms with E-state index in [0.29, 0.717) is 21.7 Å². The Balaban J connectivity index is 1.96. The normalized spacial score (nSPS) is 12.1. The van der Waals surface area contributed by atoms with Gasteiger partial charge in [-0.2, -0.15) is 0 Å². The van der Waals surface area contributed by atoms with Crippen molar-refractivity contribution in [2.75, 3.05) is 5.75 Å². The van der Waals surface area contributed by atoms with Gasteiger partial charge >= 0.3 is 0 Å². The first-order valence-corrected chi connectivity index (χ1v) is 10.2. The van der Waals surface area contributed by atoms with E-state index in [1.54, 1.807) is 18.2 Å². The van der Waals surface area contributed by atoms with Crippen molar-refractivity contribution in [3.8, 4) is 5.69 Å². The third-order valence-electron chi connectivity index (χ3n) is 4.29. The van der Waals surface area contributed by atoms with Crippen LogP contribution in [0.1, 0.15) is 26.7 Å². The van der Waals surface area contributed by atoms with Gasteiger partial charge in [0.1, 0.15) is 5.82 Å². The van der Waals surface area contributed by atoms with Crippen LogP contribution in [0.4, 0.5) is 4.39 Å². The van der Waals surface area contributed by atoms with Gasteiger partial charge < -0.3 is 5.32 Å². The molecular weight excluding hydrogens is 377 g/mol. The Bertz CT molecular complexity index is 1030. The highest BCUT2D eigenvalue weighted by molar-refractivity contribution is 7.99. The maximum atomic E-state index is 13.3. The standard InChI is InChI=1S/C21H22FN3O2S/c1-3-6-14(2)23-19(26)13-28-21-24-18-8-5-4-7-17(18)20(27)25(21)16-11-9-15(22)10-12-16/h4-5,7-12,14H,3,6,13H2,1-2H3,(H,23,26). The van der Waals surface area contributed by atoms with E-state index in [-0.39, 0.29) is 29.1 Å². The topological polar surface area (TPSA) is 64.0 Å². The van der Waals surface area contributed by atoms with Gasteiger partial charge in [0.25, 0.3) is 5.56 Å². The molecule has 1 aromatic heterocycles. The molecule has 3 aromatic rings. The molecule has 2 aromatic carbocycles. The maximum absolute atomic E-state index is 13.3. The molecule has 0 aliphatic heterocycles. The highest BCUT2D eigenvalue weighted by Gasteiger charge is 2.15. The number of nitrogens with zero attached hydrogens (tertiary/aromatic N) is 2. The molecule has 0 radical (unpaired) electrons. The SMILES string of the molecule is CCCC(C)NC(=O)CSc1nc2ccccc2c(=O)n1-c1ccc(F)cc1. The number of fused-ring (bicyclic) bond motifs is 1. The van der Waals surface area contributed by atoms with E-state index in [2.05, 4.69) is 17.2 Å². The molecule has 1 heterocycles. The number of para-hydroxylation sites is 1. The van der Waals surface area contributed by atoms with Gasteiger partial charge in [-0.25, -0.2) is 9.37 Å². The van der Waals surface area contributed by atoms with Gasteiger partial charge in [0.2, 0.25) is 5.91 Å². The lowest BCUT2D eigenvalue weighted by molar-refractivity contribution is -0.119. The Kier molecular flexibility index (Phi) is 6.46. The van der Waals surface area contributed by atoms with Crippen LogP contribution in [0.2, 0.25) is 0 Å². The Morgan fingerprint density at radius 3 is 2.64 bits per heavy atom. The number of carbonyl (C=O) groups is 1. The third kappa shape index (κ3) is 4.59. The average molecular weight is 399 g/mol. The predicted octanol–water partition coefficient (Wildman–Crippen LogP) is 3.92. The van der Waals surface area contributed by atoms with Crippen molar-refractivity contribution in [3.05, 3.63) is 64.7 Å². The van der Waals surface area contributed by atoms with Gasteiger partial charge in [0.05, 0.1) is 22.3 Å². The Hall–Kier alpha value is -2.67. The number of amides is 1. The van der Waals surface area contributed by atoms with Gasteiger partial charge in [0, 0.05) is 6.04 Å². The largest absolute Gasteiger partial charge is 0.353 e. The van der Waals surface area contributed by atoms with E-state index in [1.807, 2.05) is 13.0 Å². The second kappa shape index (κ2) is 9.01. The van der Waals surface area contributed by atoms with Crippen LogP contribution in [0, 0.1) is 5.82 Å². The average Bonchev–Trinajstić information content (AvgIpc) is 2.68. The number of halogens is 1. The summed E-state index contributed by atoms with van der Waals surface area (Å²) in [6.45, 7) is 4.03. The summed E-state index contributed by atoms with van der Waals surface area (Å²) < 4.78 is 14.8. The van der Waals surface area contributed by atoms with E-state index >= 15 is 0 Å². The second-order valence-corrected chi connectivity index (χ2v) is 7.52. The van der Waals surface area contributed by atoms with Gasteiger partial charge in [-0.1, -0.05) is 37.2 Å². The number of aromatic nitrogens is 2. The summed E-state index contributed by atoms with van der Waals surface area (Å²) in [5, 5.41) is 3.81. The molecule has 0 fully saturated rings. The fraction of sp³-hybridized carbons (Fsp3) is 0.286. The minimum atomic E-state index is -0.385. The smallest absolute Gasteiger partial charge is 0.266 e. The fourth-order valence-corrected chi connectivity index (χ4v) is 3.80. The van der Waals surface area contributed by atoms with Crippen LogP contribution in [-0.4, -0.2) is 27.3 Å². The molecule has 1 amide bonds. The van der Waals surface area contributed by atoms with Crippen LogP contribution in [0.3, 0.4) is 0 Å². The zero-order valence-electron chi connectivity index (χ0n) is 15.8. The van der Waals surface area contributed by atoms with Crippen molar-refractivity contribution in [1.82, 2.24) is 14.9 Å². The number of rotatable bonds is 7. The molecule has 5 nitrogen and oxygen atoms in total. The number of carbonyl (C=O) groups excluding carboxylic acids is 1. The molecule has 0 saturated carbocycles. The molecule has 146 valence electrons.